The van der Waals surface area contributed by atoms with E-state index in [9.17, 15) is 34.4 Å². The van der Waals surface area contributed by atoms with E-state index < -0.39 is 68.7 Å². The number of aromatic nitrogens is 2. The van der Waals surface area contributed by atoms with Crippen LogP contribution in [0.25, 0.3) is 0 Å². The molecule has 6 N–H and O–H groups in total. The average molecular weight is 680 g/mol. The highest BCUT2D eigenvalue weighted by Crippen LogP contribution is 2.46. The third kappa shape index (κ3) is 14.0. The Labute approximate surface area is 271 Å². The molecular weight excluding hydrogens is 625 g/mol. The van der Waals surface area contributed by atoms with Crippen LogP contribution in [0.1, 0.15) is 117 Å². The second-order valence-electron chi connectivity index (χ2n) is 12.2. The van der Waals surface area contributed by atoms with Crippen LogP contribution in [-0.2, 0) is 23.1 Å². The van der Waals surface area contributed by atoms with Crippen molar-refractivity contribution in [1.29, 1.82) is 0 Å². The summed E-state index contributed by atoms with van der Waals surface area (Å²) < 4.78 is 29.6. The molecule has 0 bridgehead atoms. The molecule has 1 aliphatic heterocycles. The Morgan fingerprint density at radius 1 is 1.11 bits per heavy atom. The quantitative estimate of drug-likeness (QED) is 0.0546. The number of phosphoric acid groups is 1. The van der Waals surface area contributed by atoms with Crippen molar-refractivity contribution in [2.24, 2.45) is 0 Å². The molecule has 1 aliphatic rings. The minimum atomic E-state index is -4.73. The molecule has 1 amide bonds. The molecule has 15 heteroatoms. The number of rotatable bonds is 23. The maximum atomic E-state index is 12.6. The van der Waals surface area contributed by atoms with E-state index in [2.05, 4.69) is 17.2 Å². The summed E-state index contributed by atoms with van der Waals surface area (Å²) in [6.45, 7) is 3.67. The first-order chi connectivity index (χ1) is 21.3. The summed E-state index contributed by atoms with van der Waals surface area (Å²) in [6.07, 6.45) is 12.2. The van der Waals surface area contributed by atoms with Gasteiger partial charge in [0, 0.05) is 19.2 Å². The Morgan fingerprint density at radius 3 is 2.20 bits per heavy atom. The van der Waals surface area contributed by atoms with Gasteiger partial charge in [-0.15, -0.1) is 0 Å². The highest BCUT2D eigenvalue weighted by Gasteiger charge is 2.53. The summed E-state index contributed by atoms with van der Waals surface area (Å²) >= 11 is 5.11. The molecule has 0 aromatic carbocycles. The number of H-pyrrole nitrogens is 1. The van der Waals surface area contributed by atoms with Gasteiger partial charge in [-0.2, -0.15) is 0 Å². The van der Waals surface area contributed by atoms with Gasteiger partial charge in [-0.1, -0.05) is 90.4 Å². The Hall–Kier alpha value is -1.48. The predicted octanol–water partition coefficient (Wildman–Crippen LogP) is 4.40. The highest BCUT2D eigenvalue weighted by molar-refractivity contribution is 7.71. The van der Waals surface area contributed by atoms with Crippen LogP contribution in [0.15, 0.2) is 17.1 Å². The van der Waals surface area contributed by atoms with E-state index in [1.807, 2.05) is 0 Å². The molecule has 0 radical (unpaired) electrons. The van der Waals surface area contributed by atoms with Crippen molar-refractivity contribution in [3.8, 4) is 0 Å². The summed E-state index contributed by atoms with van der Waals surface area (Å²) in [5.74, 6) is -0.432. The number of amides is 1. The molecule has 1 saturated heterocycles. The lowest BCUT2D eigenvalue weighted by Crippen LogP contribution is -2.45. The van der Waals surface area contributed by atoms with E-state index >= 15 is 0 Å². The highest BCUT2D eigenvalue weighted by atomic mass is 32.1. The molecule has 1 fully saturated rings. The zero-order valence-electron chi connectivity index (χ0n) is 26.9. The largest absolute Gasteiger partial charge is 0.472 e. The van der Waals surface area contributed by atoms with Crippen molar-refractivity contribution in [3.63, 3.8) is 0 Å². The maximum absolute atomic E-state index is 12.6. The van der Waals surface area contributed by atoms with Gasteiger partial charge in [0.1, 0.15) is 17.8 Å². The molecular formula is C30H54N3O10PS. The Bertz CT molecular complexity index is 1180. The van der Waals surface area contributed by atoms with Crippen molar-refractivity contribution in [1.82, 2.24) is 14.9 Å². The number of aromatic amines is 1. The number of carbonyl (C=O) groups excluding carboxylic acids is 1. The topological polar surface area (TPSA) is 193 Å². The lowest BCUT2D eigenvalue weighted by Gasteiger charge is -2.28. The van der Waals surface area contributed by atoms with Gasteiger partial charge in [0.2, 0.25) is 5.91 Å². The van der Waals surface area contributed by atoms with Gasteiger partial charge in [0.15, 0.2) is 11.0 Å². The van der Waals surface area contributed by atoms with Gasteiger partial charge >= 0.3 is 7.82 Å². The molecule has 0 saturated carbocycles. The number of hydrogen-bond donors (Lipinski definition) is 6. The van der Waals surface area contributed by atoms with Gasteiger partial charge in [-0.25, -0.2) is 4.57 Å². The molecule has 45 heavy (non-hydrogen) atoms. The first-order valence-electron chi connectivity index (χ1n) is 16.2. The normalized spacial score (nSPS) is 24.3. The predicted molar refractivity (Wildman–Crippen MR) is 172 cm³/mol. The average Bonchev–Trinajstić information content (AvgIpc) is 3.19. The van der Waals surface area contributed by atoms with Gasteiger partial charge in [0.05, 0.1) is 25.4 Å². The van der Waals surface area contributed by atoms with E-state index in [1.165, 1.54) is 88.5 Å². The Morgan fingerprint density at radius 2 is 1.67 bits per heavy atom. The standard InChI is InChI=1S/C30H54N3O10PS/c1-4-5-6-7-8-9-10-11-12-13-14-15-16-17-24(35)23(31-22(2)34)20-41-44(39,40)42-21-25-27(37)30(3,38)28(43-25)33-19-18-26(36)32-29(33)45/h18-19,23-25,27-28,35,37-38H,4-17,20-21H2,1-3H3,(H,31,34)(H,39,40)(H,32,36,45)/t23-,24+,25+,27?,28+,30+/m0/s1. The summed E-state index contributed by atoms with van der Waals surface area (Å²) in [7, 11) is -4.73. The van der Waals surface area contributed by atoms with Crippen molar-refractivity contribution in [2.75, 3.05) is 13.2 Å². The van der Waals surface area contributed by atoms with Gasteiger partial charge < -0.3 is 30.3 Å². The Balaban J connectivity index is 1.74. The van der Waals surface area contributed by atoms with E-state index in [0.717, 1.165) is 25.7 Å². The molecule has 0 aliphatic carbocycles. The smallest absolute Gasteiger partial charge is 0.391 e. The zero-order valence-corrected chi connectivity index (χ0v) is 28.6. The number of aliphatic hydroxyl groups excluding tert-OH is 2. The zero-order chi connectivity index (χ0) is 33.5. The fourth-order valence-corrected chi connectivity index (χ4v) is 6.47. The third-order valence-corrected chi connectivity index (χ3v) is 9.40. The molecule has 0 spiro atoms. The third-order valence-electron chi connectivity index (χ3n) is 8.13. The summed E-state index contributed by atoms with van der Waals surface area (Å²) in [4.78, 5) is 35.9. The van der Waals surface area contributed by atoms with Gasteiger partial charge in [0.25, 0.3) is 5.56 Å². The number of carbonyl (C=O) groups is 1. The van der Waals surface area contributed by atoms with Crippen molar-refractivity contribution >= 4 is 25.9 Å². The maximum Gasteiger partial charge on any atom is 0.472 e. The van der Waals surface area contributed by atoms with Crippen molar-refractivity contribution < 1.29 is 43.4 Å². The number of nitrogens with zero attached hydrogens (tertiary/aromatic N) is 1. The van der Waals surface area contributed by atoms with Crippen LogP contribution in [0.5, 0.6) is 0 Å². The van der Waals surface area contributed by atoms with E-state index in [1.54, 1.807) is 0 Å². The van der Waals surface area contributed by atoms with E-state index in [4.69, 9.17) is 26.0 Å². The molecule has 2 rings (SSSR count). The molecule has 1 aromatic rings. The first kappa shape index (κ1) is 39.7. The second kappa shape index (κ2) is 20.0. The summed E-state index contributed by atoms with van der Waals surface area (Å²) in [5, 5.41) is 34.7. The number of unbranched alkanes of at least 4 members (excludes halogenated alkanes) is 12. The van der Waals surface area contributed by atoms with Crippen LogP contribution in [0.3, 0.4) is 0 Å². The van der Waals surface area contributed by atoms with Crippen LogP contribution < -0.4 is 10.9 Å². The fourth-order valence-electron chi connectivity index (χ4n) is 5.45. The van der Waals surface area contributed by atoms with E-state index in [0.29, 0.717) is 6.42 Å². The number of nitrogens with one attached hydrogen (secondary N) is 2. The number of hydrogen-bond acceptors (Lipinski definition) is 10. The van der Waals surface area contributed by atoms with E-state index in [-0.39, 0.29) is 4.77 Å². The molecule has 13 nitrogen and oxygen atoms in total. The summed E-state index contributed by atoms with van der Waals surface area (Å²) in [6, 6.07) is 0.226. The SMILES string of the molecule is CCCCCCCCCCCCCCC[C@@H](O)[C@H](COP(=O)(O)OC[C@H]1O[C@@H](n2ccc(=O)[nH]c2=S)[C@](C)(O)C1O)NC(C)=O. The number of ether oxygens (including phenoxy) is 1. The first-order valence-corrected chi connectivity index (χ1v) is 18.1. The van der Waals surface area contributed by atoms with Gasteiger partial charge in [-0.05, 0) is 25.6 Å². The van der Waals surface area contributed by atoms with Crippen LogP contribution in [0.2, 0.25) is 0 Å². The van der Waals surface area contributed by atoms with Crippen LogP contribution in [0.4, 0.5) is 0 Å². The minimum Gasteiger partial charge on any atom is -0.391 e. The fraction of sp³-hybridized carbons (Fsp3) is 0.833. The summed E-state index contributed by atoms with van der Waals surface area (Å²) in [5.41, 5.74) is -2.35. The van der Waals surface area contributed by atoms with Crippen LogP contribution in [0, 0.1) is 4.77 Å². The molecule has 1 aromatic heterocycles. The van der Waals surface area contributed by atoms with Crippen LogP contribution >= 0.6 is 20.0 Å². The molecule has 2 heterocycles. The molecule has 260 valence electrons. The lowest BCUT2D eigenvalue weighted by atomic mass is 9.96. The minimum absolute atomic E-state index is 0.0564. The van der Waals surface area contributed by atoms with Crippen molar-refractivity contribution in [3.05, 3.63) is 27.4 Å². The number of phosphoric ester groups is 1. The van der Waals surface area contributed by atoms with Crippen molar-refractivity contribution in [2.45, 2.75) is 147 Å². The molecule has 7 atom stereocenters. The second-order valence-corrected chi connectivity index (χ2v) is 14.0. The monoisotopic (exact) mass is 679 g/mol. The molecule has 2 unspecified atom stereocenters. The Kier molecular flexibility index (Phi) is 17.7. The van der Waals surface area contributed by atoms with Crippen LogP contribution in [-0.4, -0.2) is 78.8 Å². The number of aliphatic hydroxyl groups is 3. The lowest BCUT2D eigenvalue weighted by molar-refractivity contribution is -0.121. The van der Waals surface area contributed by atoms with Gasteiger partial charge in [-0.3, -0.25) is 28.2 Å².